The Hall–Kier alpha value is -1.00. The summed E-state index contributed by atoms with van der Waals surface area (Å²) in [5, 5.41) is 3.31. The first-order valence-corrected chi connectivity index (χ1v) is 6.60. The highest BCUT2D eigenvalue weighted by Gasteiger charge is 2.29. The van der Waals surface area contributed by atoms with Gasteiger partial charge in [-0.15, -0.1) is 12.4 Å². The van der Waals surface area contributed by atoms with E-state index in [2.05, 4.69) is 11.4 Å². The van der Waals surface area contributed by atoms with Crippen LogP contribution in [0.25, 0.3) is 6.08 Å². The van der Waals surface area contributed by atoms with Gasteiger partial charge >= 0.3 is 6.18 Å². The molecule has 5 heteroatoms. The molecule has 1 heterocycles. The van der Waals surface area contributed by atoms with E-state index in [4.69, 9.17) is 0 Å². The van der Waals surface area contributed by atoms with E-state index < -0.39 is 11.7 Å². The molecule has 1 aromatic carbocycles. The van der Waals surface area contributed by atoms with Gasteiger partial charge in [0.1, 0.15) is 0 Å². The second kappa shape index (κ2) is 7.70. The number of nitrogens with one attached hydrogen (secondary N) is 1. The predicted molar refractivity (Wildman–Crippen MR) is 77.9 cm³/mol. The minimum absolute atomic E-state index is 0. The Kier molecular flexibility index (Phi) is 6.56. The van der Waals surface area contributed by atoms with E-state index in [1.54, 1.807) is 0 Å². The van der Waals surface area contributed by atoms with Gasteiger partial charge in [0.25, 0.3) is 0 Å². The van der Waals surface area contributed by atoms with Crippen LogP contribution in [0.1, 0.15) is 30.4 Å². The number of hydrogen-bond donors (Lipinski definition) is 1. The normalized spacial score (nSPS) is 17.1. The Morgan fingerprint density at radius 3 is 2.25 bits per heavy atom. The van der Waals surface area contributed by atoms with Gasteiger partial charge in [-0.2, -0.15) is 13.2 Å². The van der Waals surface area contributed by atoms with Crippen molar-refractivity contribution in [3.8, 4) is 0 Å². The number of rotatable bonds is 3. The number of allylic oxidation sites excluding steroid dienone is 1. The van der Waals surface area contributed by atoms with Crippen molar-refractivity contribution in [2.24, 2.45) is 5.92 Å². The summed E-state index contributed by atoms with van der Waals surface area (Å²) >= 11 is 0. The molecule has 0 aromatic heterocycles. The lowest BCUT2D eigenvalue weighted by atomic mass is 9.94. The van der Waals surface area contributed by atoms with Gasteiger partial charge in [-0.3, -0.25) is 0 Å². The highest BCUT2D eigenvalue weighted by atomic mass is 35.5. The fourth-order valence-corrected chi connectivity index (χ4v) is 2.30. The zero-order valence-electron chi connectivity index (χ0n) is 11.1. The molecule has 0 saturated carbocycles. The quantitative estimate of drug-likeness (QED) is 0.865. The molecule has 20 heavy (non-hydrogen) atoms. The van der Waals surface area contributed by atoms with Gasteiger partial charge in [0.05, 0.1) is 5.56 Å². The third-order valence-electron chi connectivity index (χ3n) is 3.48. The van der Waals surface area contributed by atoms with E-state index in [1.807, 2.05) is 6.08 Å². The second-order valence-electron chi connectivity index (χ2n) is 4.95. The van der Waals surface area contributed by atoms with Crippen molar-refractivity contribution in [2.45, 2.75) is 25.4 Å². The highest BCUT2D eigenvalue weighted by molar-refractivity contribution is 5.85. The SMILES string of the molecule is Cl.FC(F)(F)c1ccc(C=CCC2CCNCC2)cc1. The molecule has 0 spiro atoms. The van der Waals surface area contributed by atoms with E-state index in [0.717, 1.165) is 37.2 Å². The fourth-order valence-electron chi connectivity index (χ4n) is 2.30. The van der Waals surface area contributed by atoms with Crippen LogP contribution in [-0.4, -0.2) is 13.1 Å². The Labute approximate surface area is 123 Å². The number of halogens is 4. The van der Waals surface area contributed by atoms with Crippen molar-refractivity contribution in [3.05, 3.63) is 41.5 Å². The summed E-state index contributed by atoms with van der Waals surface area (Å²) in [5.41, 5.74) is 0.227. The summed E-state index contributed by atoms with van der Waals surface area (Å²) in [4.78, 5) is 0. The molecule has 1 saturated heterocycles. The maximum Gasteiger partial charge on any atom is 0.416 e. The molecular formula is C15H19ClF3N. The summed E-state index contributed by atoms with van der Waals surface area (Å²) in [7, 11) is 0. The number of alkyl halides is 3. The third-order valence-corrected chi connectivity index (χ3v) is 3.48. The minimum atomic E-state index is -4.25. The lowest BCUT2D eigenvalue weighted by molar-refractivity contribution is -0.137. The van der Waals surface area contributed by atoms with Crippen LogP contribution >= 0.6 is 12.4 Å². The maximum atomic E-state index is 12.4. The molecule has 1 aliphatic heterocycles. The molecule has 0 unspecified atom stereocenters. The first-order valence-electron chi connectivity index (χ1n) is 6.60. The van der Waals surface area contributed by atoms with Gasteiger partial charge in [0, 0.05) is 0 Å². The zero-order chi connectivity index (χ0) is 13.7. The molecule has 1 nitrogen and oxygen atoms in total. The second-order valence-corrected chi connectivity index (χ2v) is 4.95. The molecule has 1 N–H and O–H groups in total. The molecule has 1 fully saturated rings. The Morgan fingerprint density at radius 2 is 1.70 bits per heavy atom. The highest BCUT2D eigenvalue weighted by Crippen LogP contribution is 2.29. The number of hydrogen-bond acceptors (Lipinski definition) is 1. The molecule has 1 aliphatic rings. The summed E-state index contributed by atoms with van der Waals surface area (Å²) in [5.74, 6) is 0.701. The molecule has 0 aliphatic carbocycles. The van der Waals surface area contributed by atoms with Crippen molar-refractivity contribution in [1.29, 1.82) is 0 Å². The van der Waals surface area contributed by atoms with Crippen molar-refractivity contribution in [2.75, 3.05) is 13.1 Å². The fraction of sp³-hybridized carbons (Fsp3) is 0.467. The minimum Gasteiger partial charge on any atom is -0.317 e. The van der Waals surface area contributed by atoms with Gasteiger partial charge in [0.2, 0.25) is 0 Å². The summed E-state index contributed by atoms with van der Waals surface area (Å²) in [6.45, 7) is 2.14. The maximum absolute atomic E-state index is 12.4. The van der Waals surface area contributed by atoms with Gasteiger partial charge in [-0.1, -0.05) is 24.3 Å². The standard InChI is InChI=1S/C15H18F3N.ClH/c16-15(17,18)14-6-4-12(5-7-14)2-1-3-13-8-10-19-11-9-13;/h1-2,4-7,13,19H,3,8-11H2;1H. The van der Waals surface area contributed by atoms with Crippen LogP contribution in [-0.2, 0) is 6.18 Å². The topological polar surface area (TPSA) is 12.0 Å². The molecule has 0 bridgehead atoms. The lowest BCUT2D eigenvalue weighted by Crippen LogP contribution is -2.27. The van der Waals surface area contributed by atoms with Crippen LogP contribution in [0.2, 0.25) is 0 Å². The average Bonchev–Trinajstić information content (AvgIpc) is 2.39. The lowest BCUT2D eigenvalue weighted by Gasteiger charge is -2.20. The van der Waals surface area contributed by atoms with Crippen molar-refractivity contribution in [1.82, 2.24) is 5.32 Å². The van der Waals surface area contributed by atoms with Gasteiger partial charge in [-0.25, -0.2) is 0 Å². The molecule has 0 atom stereocenters. The Bertz CT molecular complexity index is 420. The smallest absolute Gasteiger partial charge is 0.317 e. The van der Waals surface area contributed by atoms with Crippen LogP contribution in [0.4, 0.5) is 13.2 Å². The first kappa shape index (κ1) is 17.1. The molecule has 0 amide bonds. The first-order chi connectivity index (χ1) is 9.05. The monoisotopic (exact) mass is 305 g/mol. The average molecular weight is 306 g/mol. The summed E-state index contributed by atoms with van der Waals surface area (Å²) in [6.07, 6.45) is 3.08. The zero-order valence-corrected chi connectivity index (χ0v) is 11.9. The molecular weight excluding hydrogens is 287 g/mol. The van der Waals surface area contributed by atoms with E-state index >= 15 is 0 Å². The van der Waals surface area contributed by atoms with E-state index in [-0.39, 0.29) is 12.4 Å². The van der Waals surface area contributed by atoms with Crippen LogP contribution in [0.3, 0.4) is 0 Å². The van der Waals surface area contributed by atoms with Crippen molar-refractivity contribution < 1.29 is 13.2 Å². The largest absolute Gasteiger partial charge is 0.416 e. The van der Waals surface area contributed by atoms with Crippen LogP contribution < -0.4 is 5.32 Å². The van der Waals surface area contributed by atoms with Crippen molar-refractivity contribution >= 4 is 18.5 Å². The van der Waals surface area contributed by atoms with Gasteiger partial charge < -0.3 is 5.32 Å². The Morgan fingerprint density at radius 1 is 1.10 bits per heavy atom. The van der Waals surface area contributed by atoms with E-state index in [1.165, 1.54) is 25.0 Å². The molecule has 0 radical (unpaired) electrons. The third kappa shape index (κ3) is 5.17. The van der Waals surface area contributed by atoms with E-state index in [0.29, 0.717) is 5.92 Å². The van der Waals surface area contributed by atoms with Crippen LogP contribution in [0.15, 0.2) is 30.3 Å². The summed E-state index contributed by atoms with van der Waals surface area (Å²) < 4.78 is 37.2. The summed E-state index contributed by atoms with van der Waals surface area (Å²) in [6, 6.07) is 5.29. The van der Waals surface area contributed by atoms with Crippen LogP contribution in [0, 0.1) is 5.92 Å². The Balaban J connectivity index is 0.00000200. The van der Waals surface area contributed by atoms with Crippen LogP contribution in [0.5, 0.6) is 0 Å². The number of benzene rings is 1. The molecule has 112 valence electrons. The van der Waals surface area contributed by atoms with E-state index in [9.17, 15) is 13.2 Å². The van der Waals surface area contributed by atoms with Crippen molar-refractivity contribution in [3.63, 3.8) is 0 Å². The molecule has 1 aromatic rings. The number of piperidine rings is 1. The van der Waals surface area contributed by atoms with Gasteiger partial charge in [-0.05, 0) is 56.0 Å². The predicted octanol–water partition coefficient (Wildman–Crippen LogP) is 4.53. The van der Waals surface area contributed by atoms with Gasteiger partial charge in [0.15, 0.2) is 0 Å². The molecule has 2 rings (SSSR count).